The van der Waals surface area contributed by atoms with Crippen molar-refractivity contribution in [3.63, 3.8) is 0 Å². The number of rotatable bonds is 9. The molecule has 0 aliphatic carbocycles. The predicted molar refractivity (Wildman–Crippen MR) is 200 cm³/mol. The monoisotopic (exact) mass is 745 g/mol. The van der Waals surface area contributed by atoms with Crippen molar-refractivity contribution in [1.29, 1.82) is 0 Å². The van der Waals surface area contributed by atoms with Gasteiger partial charge in [-0.25, -0.2) is 4.98 Å². The SMILES string of the molecule is COc1cc(N2CCC(N3CCN(C)CC3)CC2)c(-c2ccoc2)cc1Nc1ncc(Br)c(Nc2ccc3nccnc3c2P(C)(C)=O)n1. The molecule has 7 rings (SSSR count). The van der Waals surface area contributed by atoms with E-state index in [-0.39, 0.29) is 0 Å². The number of likely N-dealkylation sites (N-methyl/N-ethyl adjacent to an activating group) is 1. The van der Waals surface area contributed by atoms with Crippen LogP contribution < -0.4 is 25.6 Å². The van der Waals surface area contributed by atoms with E-state index in [0.29, 0.717) is 50.1 Å². The lowest BCUT2D eigenvalue weighted by molar-refractivity contribution is 0.0982. The number of piperazine rings is 1. The Hall–Kier alpha value is -4.03. The Labute approximate surface area is 294 Å². The second-order valence-electron chi connectivity index (χ2n) is 13.0. The van der Waals surface area contributed by atoms with Crippen LogP contribution in [0.1, 0.15) is 12.8 Å². The van der Waals surface area contributed by atoms with Crippen molar-refractivity contribution in [3.05, 3.63) is 65.9 Å². The van der Waals surface area contributed by atoms with Gasteiger partial charge in [-0.1, -0.05) is 0 Å². The maximum atomic E-state index is 13.5. The molecule has 2 fully saturated rings. The van der Waals surface area contributed by atoms with Crippen LogP contribution in [0.2, 0.25) is 0 Å². The van der Waals surface area contributed by atoms with Gasteiger partial charge in [-0.2, -0.15) is 4.98 Å². The van der Waals surface area contributed by atoms with Crippen LogP contribution in [0.5, 0.6) is 5.75 Å². The number of nitrogens with one attached hydrogen (secondary N) is 2. The van der Waals surface area contributed by atoms with Crippen LogP contribution in [0.4, 0.5) is 28.8 Å². The number of fused-ring (bicyclic) bond motifs is 1. The van der Waals surface area contributed by atoms with Crippen LogP contribution in [0.25, 0.3) is 22.2 Å². The lowest BCUT2D eigenvalue weighted by Gasteiger charge is -2.43. The molecule has 2 aliphatic heterocycles. The van der Waals surface area contributed by atoms with Gasteiger partial charge in [0.1, 0.15) is 24.2 Å². The van der Waals surface area contributed by atoms with Gasteiger partial charge in [-0.05, 0) is 73.4 Å². The third kappa shape index (κ3) is 7.17. The summed E-state index contributed by atoms with van der Waals surface area (Å²) < 4.78 is 25.6. The molecule has 0 spiro atoms. The fourth-order valence-electron chi connectivity index (χ4n) is 6.84. The Bertz CT molecular complexity index is 1990. The summed E-state index contributed by atoms with van der Waals surface area (Å²) in [5.74, 6) is 1.54. The fraction of sp³-hybridized carbons (Fsp3) is 0.371. The average molecular weight is 747 g/mol. The molecule has 0 atom stereocenters. The highest BCUT2D eigenvalue weighted by atomic mass is 79.9. The second kappa shape index (κ2) is 14.1. The summed E-state index contributed by atoms with van der Waals surface area (Å²) in [6, 6.07) is 10.5. The Morgan fingerprint density at radius 2 is 1.73 bits per heavy atom. The molecule has 5 aromatic rings. The first kappa shape index (κ1) is 33.5. The summed E-state index contributed by atoms with van der Waals surface area (Å²) in [6.45, 7) is 9.94. The van der Waals surface area contributed by atoms with Crippen molar-refractivity contribution in [1.82, 2.24) is 29.7 Å². The molecule has 0 bridgehead atoms. The van der Waals surface area contributed by atoms with Crippen molar-refractivity contribution in [3.8, 4) is 16.9 Å². The zero-order chi connectivity index (χ0) is 34.1. The van der Waals surface area contributed by atoms with Crippen LogP contribution in [-0.2, 0) is 4.57 Å². The zero-order valence-electron chi connectivity index (χ0n) is 28.2. The van der Waals surface area contributed by atoms with Crippen molar-refractivity contribution in [2.75, 3.05) is 82.3 Å². The summed E-state index contributed by atoms with van der Waals surface area (Å²) in [5, 5.41) is 7.39. The molecule has 0 amide bonds. The predicted octanol–water partition coefficient (Wildman–Crippen LogP) is 6.40. The Kier molecular flexibility index (Phi) is 9.61. The van der Waals surface area contributed by atoms with E-state index in [2.05, 4.69) is 75.4 Å². The van der Waals surface area contributed by atoms with Crippen LogP contribution in [-0.4, -0.2) is 103 Å². The van der Waals surface area contributed by atoms with Crippen molar-refractivity contribution in [2.24, 2.45) is 0 Å². The topological polar surface area (TPSA) is 125 Å². The molecule has 3 aromatic heterocycles. The van der Waals surface area contributed by atoms with Gasteiger partial charge in [0.05, 0.1) is 46.3 Å². The maximum absolute atomic E-state index is 13.5. The Balaban J connectivity index is 1.17. The minimum atomic E-state index is -2.76. The number of aromatic nitrogens is 4. The van der Waals surface area contributed by atoms with Gasteiger partial charge in [-0.3, -0.25) is 14.9 Å². The van der Waals surface area contributed by atoms with E-state index in [1.807, 2.05) is 18.2 Å². The van der Waals surface area contributed by atoms with Gasteiger partial charge in [-0.15, -0.1) is 0 Å². The molecule has 2 aromatic carbocycles. The third-order valence-corrected chi connectivity index (χ3v) is 11.5. The quantitative estimate of drug-likeness (QED) is 0.162. The Morgan fingerprint density at radius 1 is 0.959 bits per heavy atom. The maximum Gasteiger partial charge on any atom is 0.229 e. The molecule has 5 heterocycles. The standard InChI is InChI=1S/C35H41BrN9O3P/c1-43-14-16-44(17-15-43)24-7-12-45(13-8-24)30-20-31(47-2)29(19-25(30)23-9-18-48-22-23)41-35-39-21-26(36)34(42-35)40-28-6-5-27-32(38-11-10-37-27)33(28)49(3,4)46/h5-6,9-11,18-22,24H,7-8,12-17H2,1-4H3,(H2,39,40,41,42). The van der Waals surface area contributed by atoms with E-state index in [1.54, 1.807) is 51.6 Å². The van der Waals surface area contributed by atoms with Gasteiger partial charge in [0.25, 0.3) is 0 Å². The van der Waals surface area contributed by atoms with E-state index in [1.165, 1.54) is 0 Å². The van der Waals surface area contributed by atoms with Crippen LogP contribution >= 0.6 is 23.1 Å². The molecule has 256 valence electrons. The first-order chi connectivity index (χ1) is 23.7. The van der Waals surface area contributed by atoms with Gasteiger partial charge in [0.2, 0.25) is 5.95 Å². The third-order valence-electron chi connectivity index (χ3n) is 9.41. The highest BCUT2D eigenvalue weighted by molar-refractivity contribution is 9.10. The number of benzene rings is 2. The van der Waals surface area contributed by atoms with Gasteiger partial charge < -0.3 is 34.2 Å². The molecule has 14 heteroatoms. The van der Waals surface area contributed by atoms with Crippen LogP contribution in [0.3, 0.4) is 0 Å². The number of hydrogen-bond acceptors (Lipinski definition) is 12. The van der Waals surface area contributed by atoms with E-state index in [9.17, 15) is 4.57 Å². The largest absolute Gasteiger partial charge is 0.494 e. The second-order valence-corrected chi connectivity index (χ2v) is 17.0. The summed E-state index contributed by atoms with van der Waals surface area (Å²) >= 11 is 3.59. The smallest absolute Gasteiger partial charge is 0.229 e. The number of hydrogen-bond donors (Lipinski definition) is 2. The van der Waals surface area contributed by atoms with Gasteiger partial charge in [0.15, 0.2) is 0 Å². The molecule has 0 saturated carbocycles. The van der Waals surface area contributed by atoms with Gasteiger partial charge >= 0.3 is 0 Å². The minimum Gasteiger partial charge on any atom is -0.494 e. The number of anilines is 5. The first-order valence-electron chi connectivity index (χ1n) is 16.5. The van der Waals surface area contributed by atoms with E-state index in [0.717, 1.165) is 74.6 Å². The molecule has 49 heavy (non-hydrogen) atoms. The van der Waals surface area contributed by atoms with E-state index < -0.39 is 7.14 Å². The van der Waals surface area contributed by atoms with Gasteiger partial charge in [0, 0.05) is 86.8 Å². The zero-order valence-corrected chi connectivity index (χ0v) is 30.7. The number of furan rings is 1. The van der Waals surface area contributed by atoms with Crippen LogP contribution in [0.15, 0.2) is 70.3 Å². The molecule has 0 unspecified atom stereocenters. The molecule has 2 saturated heterocycles. The molecule has 0 radical (unpaired) electrons. The highest BCUT2D eigenvalue weighted by Crippen LogP contribution is 2.43. The van der Waals surface area contributed by atoms with Crippen molar-refractivity contribution < 1.29 is 13.7 Å². The average Bonchev–Trinajstić information content (AvgIpc) is 3.64. The number of halogens is 1. The number of methoxy groups -OCH3 is 1. The van der Waals surface area contributed by atoms with Crippen molar-refractivity contribution in [2.45, 2.75) is 18.9 Å². The Morgan fingerprint density at radius 3 is 2.45 bits per heavy atom. The molecule has 2 N–H and O–H groups in total. The van der Waals surface area contributed by atoms with Crippen LogP contribution in [0, 0.1) is 0 Å². The lowest BCUT2D eigenvalue weighted by atomic mass is 9.98. The van der Waals surface area contributed by atoms with Crippen molar-refractivity contribution >= 4 is 68.2 Å². The summed E-state index contributed by atoms with van der Waals surface area (Å²) in [5.41, 5.74) is 5.77. The lowest BCUT2D eigenvalue weighted by Crippen LogP contribution is -2.52. The normalized spacial score (nSPS) is 16.6. The minimum absolute atomic E-state index is 0.362. The summed E-state index contributed by atoms with van der Waals surface area (Å²) in [7, 11) is 1.12. The first-order valence-corrected chi connectivity index (χ1v) is 19.9. The summed E-state index contributed by atoms with van der Waals surface area (Å²) in [4.78, 5) is 25.8. The number of piperidine rings is 1. The highest BCUT2D eigenvalue weighted by Gasteiger charge is 2.29. The fourth-order valence-corrected chi connectivity index (χ4v) is 8.52. The molecule has 2 aliphatic rings. The molecule has 12 nitrogen and oxygen atoms in total. The summed E-state index contributed by atoms with van der Waals surface area (Å²) in [6.07, 6.45) is 10.6. The van der Waals surface area contributed by atoms with E-state index >= 15 is 0 Å². The number of nitrogens with zero attached hydrogens (tertiary/aromatic N) is 7. The number of ether oxygens (including phenoxy) is 1. The molecular weight excluding hydrogens is 705 g/mol. The molecular formula is C35H41BrN9O3P. The van der Waals surface area contributed by atoms with E-state index in [4.69, 9.17) is 14.1 Å².